The van der Waals surface area contributed by atoms with E-state index >= 15 is 0 Å². The van der Waals surface area contributed by atoms with Gasteiger partial charge < -0.3 is 0 Å². The van der Waals surface area contributed by atoms with Gasteiger partial charge >= 0.3 is 0 Å². The van der Waals surface area contributed by atoms with E-state index in [-0.39, 0.29) is 0 Å². The zero-order valence-corrected chi connectivity index (χ0v) is 28.5. The number of fused-ring (bicyclic) bond motifs is 2. The molecule has 2 aromatic rings. The van der Waals surface area contributed by atoms with Gasteiger partial charge in [-0.25, -0.2) is 0 Å². The van der Waals surface area contributed by atoms with E-state index in [1.807, 2.05) is 0 Å². The maximum Gasteiger partial charge on any atom is -0.00549 e. The van der Waals surface area contributed by atoms with Crippen LogP contribution in [0, 0.1) is 0 Å². The molecule has 0 nitrogen and oxygen atoms in total. The molecule has 2 aromatic carbocycles. The summed E-state index contributed by atoms with van der Waals surface area (Å²) in [5, 5.41) is 0. The summed E-state index contributed by atoms with van der Waals surface area (Å²) in [5.41, 5.74) is 17.3. The first-order chi connectivity index (χ1) is 22.3. The Morgan fingerprint density at radius 1 is 0.378 bits per heavy atom. The van der Waals surface area contributed by atoms with Gasteiger partial charge in [0.15, 0.2) is 0 Å². The molecule has 0 aliphatic heterocycles. The van der Waals surface area contributed by atoms with Crippen LogP contribution >= 0.6 is 0 Å². The van der Waals surface area contributed by atoms with Gasteiger partial charge in [0.1, 0.15) is 0 Å². The Kier molecular flexibility index (Phi) is 9.39. The smallest absolute Gasteiger partial charge is 0.00549 e. The van der Waals surface area contributed by atoms with Crippen LogP contribution in [0.4, 0.5) is 0 Å². The van der Waals surface area contributed by atoms with Crippen molar-refractivity contribution in [2.24, 2.45) is 0 Å². The Balaban J connectivity index is 0.991. The normalized spacial score (nSPS) is 23.6. The summed E-state index contributed by atoms with van der Waals surface area (Å²) in [5.74, 6) is 3.25. The topological polar surface area (TPSA) is 0 Å². The van der Waals surface area contributed by atoms with Crippen LogP contribution in [0.3, 0.4) is 0 Å². The van der Waals surface area contributed by atoms with E-state index < -0.39 is 0 Å². The molecule has 0 heterocycles. The molecule has 0 saturated heterocycles. The van der Waals surface area contributed by atoms with Crippen LogP contribution in [0.25, 0.3) is 12.2 Å². The van der Waals surface area contributed by atoms with Crippen molar-refractivity contribution in [1.82, 2.24) is 0 Å². The maximum absolute atomic E-state index is 2.71. The van der Waals surface area contributed by atoms with Crippen LogP contribution in [0.15, 0.2) is 35.4 Å². The minimum absolute atomic E-state index is 0.808. The first-order valence-electron chi connectivity index (χ1n) is 20.0. The third-order valence-electron chi connectivity index (χ3n) is 13.5. The molecule has 45 heavy (non-hydrogen) atoms. The summed E-state index contributed by atoms with van der Waals surface area (Å²) in [6.07, 6.45) is 40.5. The number of hydrogen-bond donors (Lipinski definition) is 0. The number of benzene rings is 2. The first-order valence-corrected chi connectivity index (χ1v) is 20.0. The van der Waals surface area contributed by atoms with Gasteiger partial charge in [-0.05, 0) is 152 Å². The third kappa shape index (κ3) is 6.43. The molecular weight excluding hydrogens is 540 g/mol. The second-order valence-electron chi connectivity index (χ2n) is 16.4. The first kappa shape index (κ1) is 30.3. The van der Waals surface area contributed by atoms with Gasteiger partial charge in [0.25, 0.3) is 0 Å². The van der Waals surface area contributed by atoms with Gasteiger partial charge in [-0.15, -0.1) is 0 Å². The standard InChI is InChI=1S/C45H60/c1-5-16-34(17-6-1)38-24-25-39(35-18-7-2-8-19-35)43-29-32(28-42(38)43)14-13-15-33-30-44-40(36-20-9-3-10-21-36)26-27-41(45(44)31-33)37-22-11-4-12-23-37/h24-28,30,34-37H,1-23,29,31H2. The van der Waals surface area contributed by atoms with Crippen molar-refractivity contribution < 1.29 is 0 Å². The number of hydrogen-bond acceptors (Lipinski definition) is 0. The van der Waals surface area contributed by atoms with Gasteiger partial charge in [0.2, 0.25) is 0 Å². The molecule has 6 aliphatic carbocycles. The van der Waals surface area contributed by atoms with Crippen LogP contribution in [-0.4, -0.2) is 0 Å². The molecule has 6 aliphatic rings. The molecule has 240 valence electrons. The molecule has 0 unspecified atom stereocenters. The lowest BCUT2D eigenvalue weighted by Gasteiger charge is -2.28. The van der Waals surface area contributed by atoms with E-state index in [2.05, 4.69) is 36.4 Å². The molecule has 4 saturated carbocycles. The molecule has 0 bridgehead atoms. The Hall–Kier alpha value is -2.08. The quantitative estimate of drug-likeness (QED) is 0.283. The van der Waals surface area contributed by atoms with Crippen LogP contribution < -0.4 is 0 Å². The fourth-order valence-corrected chi connectivity index (χ4v) is 11.1. The highest BCUT2D eigenvalue weighted by Gasteiger charge is 2.30. The summed E-state index contributed by atoms with van der Waals surface area (Å²) in [6.45, 7) is 0. The van der Waals surface area contributed by atoms with Gasteiger partial charge in [-0.3, -0.25) is 0 Å². The zero-order valence-electron chi connectivity index (χ0n) is 28.5. The van der Waals surface area contributed by atoms with Crippen LogP contribution in [-0.2, 0) is 12.8 Å². The van der Waals surface area contributed by atoms with Crippen molar-refractivity contribution in [2.45, 2.75) is 184 Å². The van der Waals surface area contributed by atoms with E-state index in [9.17, 15) is 0 Å². The molecule has 0 amide bonds. The minimum Gasteiger partial charge on any atom is -0.0652 e. The Bertz CT molecular complexity index is 1280. The maximum atomic E-state index is 2.71. The van der Waals surface area contributed by atoms with Crippen molar-refractivity contribution in [3.63, 3.8) is 0 Å². The highest BCUT2D eigenvalue weighted by Crippen LogP contribution is 2.47. The van der Waals surface area contributed by atoms with E-state index in [1.54, 1.807) is 55.7 Å². The fraction of sp³-hybridized carbons (Fsp3) is 0.644. The monoisotopic (exact) mass is 600 g/mol. The van der Waals surface area contributed by atoms with Crippen LogP contribution in [0.5, 0.6) is 0 Å². The second kappa shape index (κ2) is 14.0. The van der Waals surface area contributed by atoms with Gasteiger partial charge in [-0.1, -0.05) is 125 Å². The van der Waals surface area contributed by atoms with Crippen molar-refractivity contribution in [2.75, 3.05) is 0 Å². The Morgan fingerprint density at radius 2 is 0.689 bits per heavy atom. The molecule has 0 heteroatoms. The lowest BCUT2D eigenvalue weighted by molar-refractivity contribution is 0.437. The van der Waals surface area contributed by atoms with Gasteiger partial charge in [-0.2, -0.15) is 0 Å². The minimum atomic E-state index is 0.808. The highest BCUT2D eigenvalue weighted by molar-refractivity contribution is 5.71. The van der Waals surface area contributed by atoms with E-state index in [1.165, 1.54) is 161 Å². The number of allylic oxidation sites excluding steroid dienone is 2. The van der Waals surface area contributed by atoms with Crippen molar-refractivity contribution in [3.05, 3.63) is 79.9 Å². The van der Waals surface area contributed by atoms with Gasteiger partial charge in [0, 0.05) is 0 Å². The lowest BCUT2D eigenvalue weighted by atomic mass is 9.77. The molecule has 4 fully saturated rings. The molecule has 8 rings (SSSR count). The van der Waals surface area contributed by atoms with Crippen LogP contribution in [0.2, 0.25) is 0 Å². The number of rotatable bonds is 8. The summed E-state index contributed by atoms with van der Waals surface area (Å²) < 4.78 is 0. The third-order valence-corrected chi connectivity index (χ3v) is 13.5. The summed E-state index contributed by atoms with van der Waals surface area (Å²) in [4.78, 5) is 0. The summed E-state index contributed by atoms with van der Waals surface area (Å²) in [6, 6.07) is 10.4. The predicted molar refractivity (Wildman–Crippen MR) is 193 cm³/mol. The molecule has 0 atom stereocenters. The molecule has 0 N–H and O–H groups in total. The largest absolute Gasteiger partial charge is 0.0652 e. The van der Waals surface area contributed by atoms with Crippen molar-refractivity contribution in [1.29, 1.82) is 0 Å². The fourth-order valence-electron chi connectivity index (χ4n) is 11.1. The lowest BCUT2D eigenvalue weighted by Crippen LogP contribution is -2.11. The van der Waals surface area contributed by atoms with Crippen molar-refractivity contribution in [3.8, 4) is 0 Å². The second-order valence-corrected chi connectivity index (χ2v) is 16.4. The Labute approximate surface area is 275 Å². The SMILES string of the molecule is C1=C(CCCC2=Cc3c(C4CCCCC4)ccc(C4CCCCC4)c3C2)Cc2c(C3CCCCC3)ccc(C3CCCCC3)c21. The van der Waals surface area contributed by atoms with Crippen LogP contribution in [0.1, 0.15) is 216 Å². The molecule has 0 spiro atoms. The molecule has 0 aromatic heterocycles. The Morgan fingerprint density at radius 3 is 1.04 bits per heavy atom. The van der Waals surface area contributed by atoms with Crippen molar-refractivity contribution >= 4 is 12.2 Å². The average Bonchev–Trinajstić information content (AvgIpc) is 3.74. The average molecular weight is 601 g/mol. The summed E-state index contributed by atoms with van der Waals surface area (Å²) >= 11 is 0. The molecule has 0 radical (unpaired) electrons. The predicted octanol–water partition coefficient (Wildman–Crippen LogP) is 13.6. The van der Waals surface area contributed by atoms with E-state index in [0.29, 0.717) is 0 Å². The zero-order chi connectivity index (χ0) is 30.0. The van der Waals surface area contributed by atoms with E-state index in [0.717, 1.165) is 23.7 Å². The molecular formula is C45H60. The van der Waals surface area contributed by atoms with E-state index in [4.69, 9.17) is 0 Å². The summed E-state index contributed by atoms with van der Waals surface area (Å²) in [7, 11) is 0. The van der Waals surface area contributed by atoms with Gasteiger partial charge in [0.05, 0.1) is 0 Å². The highest BCUT2D eigenvalue weighted by atomic mass is 14.3.